The van der Waals surface area contributed by atoms with Gasteiger partial charge in [-0.2, -0.15) is 0 Å². The van der Waals surface area contributed by atoms with Crippen molar-refractivity contribution in [1.82, 2.24) is 14.9 Å². The normalized spacial score (nSPS) is 15.0. The third-order valence-corrected chi connectivity index (χ3v) is 4.21. The minimum atomic E-state index is 0.347. The second-order valence-corrected chi connectivity index (χ2v) is 6.54. The van der Waals surface area contributed by atoms with Crippen LogP contribution in [0.4, 0.5) is 5.95 Å². The van der Waals surface area contributed by atoms with Crippen molar-refractivity contribution in [1.29, 1.82) is 0 Å². The lowest BCUT2D eigenvalue weighted by atomic mass is 10.0. The molecule has 1 aliphatic heterocycles. The van der Waals surface area contributed by atoms with Gasteiger partial charge in [0.05, 0.1) is 12.2 Å². The number of hydrogen-bond acceptors (Lipinski definition) is 5. The number of rotatable bonds is 5. The second kappa shape index (κ2) is 6.71. The number of anilines is 1. The molecule has 0 spiro atoms. The van der Waals surface area contributed by atoms with Gasteiger partial charge < -0.3 is 9.73 Å². The zero-order valence-corrected chi connectivity index (χ0v) is 14.5. The van der Waals surface area contributed by atoms with Gasteiger partial charge in [0.25, 0.3) is 0 Å². The van der Waals surface area contributed by atoms with Crippen LogP contribution in [0.3, 0.4) is 0 Å². The average molecular weight is 314 g/mol. The predicted molar refractivity (Wildman–Crippen MR) is 91.4 cm³/mol. The summed E-state index contributed by atoms with van der Waals surface area (Å²) in [4.78, 5) is 11.7. The van der Waals surface area contributed by atoms with Crippen molar-refractivity contribution < 1.29 is 4.42 Å². The van der Waals surface area contributed by atoms with Crippen molar-refractivity contribution in [3.05, 3.63) is 40.6 Å². The molecule has 3 rings (SSSR count). The number of fused-ring (bicyclic) bond motifs is 1. The van der Waals surface area contributed by atoms with Crippen molar-refractivity contribution in [2.75, 3.05) is 11.9 Å². The Morgan fingerprint density at radius 3 is 2.74 bits per heavy atom. The first-order valence-electron chi connectivity index (χ1n) is 8.48. The molecule has 3 heterocycles. The fourth-order valence-corrected chi connectivity index (χ4v) is 3.01. The number of aromatic nitrogens is 2. The fourth-order valence-electron chi connectivity index (χ4n) is 3.01. The average Bonchev–Trinajstić information content (AvgIpc) is 2.95. The van der Waals surface area contributed by atoms with Crippen LogP contribution < -0.4 is 5.32 Å². The Morgan fingerprint density at radius 2 is 2.04 bits per heavy atom. The highest BCUT2D eigenvalue weighted by Gasteiger charge is 2.22. The van der Waals surface area contributed by atoms with Crippen LogP contribution in [-0.2, 0) is 25.9 Å². The highest BCUT2D eigenvalue weighted by Crippen LogP contribution is 2.23. The molecule has 1 aliphatic rings. The Labute approximate surface area is 138 Å². The van der Waals surface area contributed by atoms with Crippen LogP contribution in [0.2, 0.25) is 0 Å². The lowest BCUT2D eigenvalue weighted by Gasteiger charge is -2.28. The molecule has 124 valence electrons. The summed E-state index contributed by atoms with van der Waals surface area (Å²) in [6, 6.07) is 4.51. The van der Waals surface area contributed by atoms with Gasteiger partial charge in [0.15, 0.2) is 0 Å². The van der Waals surface area contributed by atoms with Gasteiger partial charge in [-0.25, -0.2) is 9.97 Å². The van der Waals surface area contributed by atoms with E-state index in [-0.39, 0.29) is 0 Å². The lowest BCUT2D eigenvalue weighted by Crippen LogP contribution is -2.32. The summed E-state index contributed by atoms with van der Waals surface area (Å²) in [7, 11) is 0. The topological polar surface area (TPSA) is 54.2 Å². The van der Waals surface area contributed by atoms with Crippen molar-refractivity contribution in [2.24, 2.45) is 0 Å². The van der Waals surface area contributed by atoms with Gasteiger partial charge in [-0.05, 0) is 32.9 Å². The summed E-state index contributed by atoms with van der Waals surface area (Å²) in [5.41, 5.74) is 3.54. The molecule has 2 aromatic heterocycles. The molecule has 23 heavy (non-hydrogen) atoms. The van der Waals surface area contributed by atoms with Crippen LogP contribution in [0, 0.1) is 6.92 Å². The van der Waals surface area contributed by atoms with Crippen molar-refractivity contribution in [3.8, 4) is 0 Å². The standard InChI is InChI=1S/C18H26N4O/c1-5-14-6-7-15(23-14)10-22-9-8-17-16(11-22)13(4)20-18(21-17)19-12(2)3/h6-7,12H,5,8-11H2,1-4H3,(H,19,20,21). The summed E-state index contributed by atoms with van der Waals surface area (Å²) in [6.45, 7) is 11.2. The highest BCUT2D eigenvalue weighted by atomic mass is 16.3. The van der Waals surface area contributed by atoms with E-state index >= 15 is 0 Å². The third kappa shape index (κ3) is 3.72. The molecule has 0 radical (unpaired) electrons. The first-order valence-corrected chi connectivity index (χ1v) is 8.48. The molecular weight excluding hydrogens is 288 g/mol. The monoisotopic (exact) mass is 314 g/mol. The number of aryl methyl sites for hydroxylation is 2. The quantitative estimate of drug-likeness (QED) is 0.917. The van der Waals surface area contributed by atoms with Crippen molar-refractivity contribution >= 4 is 5.95 Å². The molecule has 0 aromatic carbocycles. The molecule has 0 fully saturated rings. The summed E-state index contributed by atoms with van der Waals surface area (Å²) in [5, 5.41) is 3.31. The second-order valence-electron chi connectivity index (χ2n) is 6.54. The van der Waals surface area contributed by atoms with E-state index in [2.05, 4.69) is 55.0 Å². The van der Waals surface area contributed by atoms with Crippen LogP contribution in [0.5, 0.6) is 0 Å². The molecule has 0 aliphatic carbocycles. The number of nitrogens with one attached hydrogen (secondary N) is 1. The number of hydrogen-bond donors (Lipinski definition) is 1. The van der Waals surface area contributed by atoms with Gasteiger partial charge in [0.1, 0.15) is 11.5 Å². The minimum absolute atomic E-state index is 0.347. The maximum atomic E-state index is 5.83. The van der Waals surface area contributed by atoms with Gasteiger partial charge >= 0.3 is 0 Å². The zero-order valence-electron chi connectivity index (χ0n) is 14.5. The molecule has 0 saturated heterocycles. The van der Waals surface area contributed by atoms with Crippen LogP contribution in [-0.4, -0.2) is 27.5 Å². The molecule has 2 aromatic rings. The Kier molecular flexibility index (Phi) is 4.66. The Morgan fingerprint density at radius 1 is 1.26 bits per heavy atom. The van der Waals surface area contributed by atoms with Gasteiger partial charge in [0, 0.05) is 43.2 Å². The molecule has 0 unspecified atom stereocenters. The summed E-state index contributed by atoms with van der Waals surface area (Å²) >= 11 is 0. The Hall–Kier alpha value is -1.88. The largest absolute Gasteiger partial charge is 0.465 e. The molecule has 0 saturated carbocycles. The number of nitrogens with zero attached hydrogens (tertiary/aromatic N) is 3. The third-order valence-electron chi connectivity index (χ3n) is 4.21. The molecule has 0 bridgehead atoms. The maximum Gasteiger partial charge on any atom is 0.223 e. The van der Waals surface area contributed by atoms with E-state index in [1.165, 1.54) is 11.3 Å². The number of furan rings is 1. The SMILES string of the molecule is CCc1ccc(CN2CCc3nc(NC(C)C)nc(C)c3C2)o1. The molecule has 0 atom stereocenters. The molecule has 0 amide bonds. The van der Waals surface area contributed by atoms with Crippen molar-refractivity contribution in [3.63, 3.8) is 0 Å². The van der Waals surface area contributed by atoms with Crippen LogP contribution in [0.25, 0.3) is 0 Å². The van der Waals surface area contributed by atoms with Gasteiger partial charge in [-0.3, -0.25) is 4.90 Å². The molecule has 1 N–H and O–H groups in total. The minimum Gasteiger partial charge on any atom is -0.465 e. The zero-order chi connectivity index (χ0) is 16.4. The Balaban J connectivity index is 1.72. The smallest absolute Gasteiger partial charge is 0.223 e. The molecule has 5 heteroatoms. The summed E-state index contributed by atoms with van der Waals surface area (Å²) < 4.78 is 5.83. The van der Waals surface area contributed by atoms with Crippen molar-refractivity contribution in [2.45, 2.75) is 59.7 Å². The van der Waals surface area contributed by atoms with E-state index < -0.39 is 0 Å². The van der Waals surface area contributed by atoms with Gasteiger partial charge in [-0.1, -0.05) is 6.92 Å². The maximum absolute atomic E-state index is 5.83. The van der Waals surface area contributed by atoms with E-state index in [1.54, 1.807) is 0 Å². The highest BCUT2D eigenvalue weighted by molar-refractivity contribution is 5.36. The summed E-state index contributed by atoms with van der Waals surface area (Å²) in [6.07, 6.45) is 1.91. The van der Waals surface area contributed by atoms with E-state index in [0.717, 1.165) is 55.6 Å². The Bertz CT molecular complexity index is 678. The molecule has 5 nitrogen and oxygen atoms in total. The van der Waals surface area contributed by atoms with Gasteiger partial charge in [-0.15, -0.1) is 0 Å². The van der Waals surface area contributed by atoms with E-state index in [9.17, 15) is 0 Å². The van der Waals surface area contributed by atoms with E-state index in [1.807, 2.05) is 0 Å². The van der Waals surface area contributed by atoms with E-state index in [0.29, 0.717) is 6.04 Å². The lowest BCUT2D eigenvalue weighted by molar-refractivity contribution is 0.221. The van der Waals surface area contributed by atoms with Crippen LogP contribution >= 0.6 is 0 Å². The van der Waals surface area contributed by atoms with Gasteiger partial charge in [0.2, 0.25) is 5.95 Å². The van der Waals surface area contributed by atoms with E-state index in [4.69, 9.17) is 9.40 Å². The molecular formula is C18H26N4O. The van der Waals surface area contributed by atoms with Crippen LogP contribution in [0.1, 0.15) is 49.2 Å². The first kappa shape index (κ1) is 16.0. The fraction of sp³-hybridized carbons (Fsp3) is 0.556. The van der Waals surface area contributed by atoms with Crippen LogP contribution in [0.15, 0.2) is 16.5 Å². The summed E-state index contributed by atoms with van der Waals surface area (Å²) in [5.74, 6) is 2.85. The predicted octanol–water partition coefficient (Wildman–Crippen LogP) is 3.32. The first-order chi connectivity index (χ1) is 11.0.